The molecule has 2 rings (SSSR count). The zero-order chi connectivity index (χ0) is 14.5. The number of ether oxygens (including phenoxy) is 1. The molecule has 5 nitrogen and oxygen atoms in total. The van der Waals surface area contributed by atoms with Gasteiger partial charge in [0.2, 0.25) is 0 Å². The molecule has 0 N–H and O–H groups in total. The van der Waals surface area contributed by atoms with E-state index < -0.39 is 0 Å². The Morgan fingerprint density at radius 3 is 3.00 bits per heavy atom. The van der Waals surface area contributed by atoms with Crippen molar-refractivity contribution in [2.75, 3.05) is 12.4 Å². The molecule has 0 aromatic carbocycles. The number of thiophene rings is 1. The molecule has 0 aliphatic carbocycles. The summed E-state index contributed by atoms with van der Waals surface area (Å²) < 4.78 is 6.81. The molecule has 0 amide bonds. The number of rotatable bonds is 6. The van der Waals surface area contributed by atoms with Crippen LogP contribution in [0, 0.1) is 0 Å². The van der Waals surface area contributed by atoms with E-state index >= 15 is 0 Å². The maximum Gasteiger partial charge on any atom is 0.334 e. The van der Waals surface area contributed by atoms with Crippen LogP contribution in [0.4, 0.5) is 0 Å². The predicted molar refractivity (Wildman–Crippen MR) is 80.8 cm³/mol. The van der Waals surface area contributed by atoms with Crippen molar-refractivity contribution in [3.63, 3.8) is 0 Å². The molecule has 2 aromatic heterocycles. The van der Waals surface area contributed by atoms with Crippen LogP contribution in [0.2, 0.25) is 0 Å². The lowest BCUT2D eigenvalue weighted by Crippen LogP contribution is -2.08. The number of carbonyl (C=O) groups excluding carboxylic acids is 1. The lowest BCUT2D eigenvalue weighted by Gasteiger charge is -2.05. The molecule has 0 saturated heterocycles. The van der Waals surface area contributed by atoms with E-state index in [2.05, 4.69) is 16.8 Å². The van der Waals surface area contributed by atoms with Crippen LogP contribution in [0.3, 0.4) is 0 Å². The van der Waals surface area contributed by atoms with E-state index in [1.165, 1.54) is 11.8 Å². The van der Waals surface area contributed by atoms with Gasteiger partial charge >= 0.3 is 5.97 Å². The molecule has 0 atom stereocenters. The van der Waals surface area contributed by atoms with Gasteiger partial charge in [0.05, 0.1) is 11.5 Å². The Labute approximate surface area is 125 Å². The summed E-state index contributed by atoms with van der Waals surface area (Å²) in [5, 5.41) is 11.1. The lowest BCUT2D eigenvalue weighted by atomic mass is 10.4. The van der Waals surface area contributed by atoms with Crippen molar-refractivity contribution in [1.82, 2.24) is 14.8 Å². The smallest absolute Gasteiger partial charge is 0.334 e. The van der Waals surface area contributed by atoms with Crippen LogP contribution < -0.4 is 0 Å². The van der Waals surface area contributed by atoms with E-state index in [1.807, 2.05) is 29.1 Å². The minimum absolute atomic E-state index is 0.356. The zero-order valence-corrected chi connectivity index (χ0v) is 13.0. The van der Waals surface area contributed by atoms with Crippen molar-refractivity contribution in [3.8, 4) is 10.7 Å². The fourth-order valence-electron chi connectivity index (χ4n) is 1.50. The summed E-state index contributed by atoms with van der Waals surface area (Å²) >= 11 is 3.04. The number of esters is 1. The van der Waals surface area contributed by atoms with Gasteiger partial charge in [-0.05, 0) is 18.4 Å². The molecule has 0 aliphatic rings. The van der Waals surface area contributed by atoms with Crippen molar-refractivity contribution >= 4 is 29.1 Å². The topological polar surface area (TPSA) is 57.0 Å². The number of aromatic nitrogens is 3. The quantitative estimate of drug-likeness (QED) is 0.466. The average Bonchev–Trinajstić information content (AvgIpc) is 3.06. The van der Waals surface area contributed by atoms with Crippen molar-refractivity contribution in [1.29, 1.82) is 0 Å². The number of hydrogen-bond donors (Lipinski definition) is 0. The zero-order valence-electron chi connectivity index (χ0n) is 11.3. The molecule has 0 aliphatic heterocycles. The maximum absolute atomic E-state index is 11.5. The fourth-order valence-corrected chi connectivity index (χ4v) is 3.05. The Kier molecular flexibility index (Phi) is 4.97. The summed E-state index contributed by atoms with van der Waals surface area (Å²) in [6.45, 7) is 5.85. The van der Waals surface area contributed by atoms with Crippen LogP contribution in [0.5, 0.6) is 0 Å². The second kappa shape index (κ2) is 6.71. The number of hydrogen-bond acceptors (Lipinski definition) is 6. The fraction of sp³-hybridized carbons (Fsp3) is 0.308. The van der Waals surface area contributed by atoms with Gasteiger partial charge in [-0.15, -0.1) is 21.5 Å². The molecule has 2 aromatic rings. The van der Waals surface area contributed by atoms with Gasteiger partial charge in [-0.3, -0.25) is 0 Å². The monoisotopic (exact) mass is 309 g/mol. The van der Waals surface area contributed by atoms with Gasteiger partial charge in [0, 0.05) is 18.4 Å². The van der Waals surface area contributed by atoms with E-state index in [-0.39, 0.29) is 5.97 Å². The summed E-state index contributed by atoms with van der Waals surface area (Å²) in [6.07, 6.45) is 0. The molecule has 0 spiro atoms. The van der Waals surface area contributed by atoms with Crippen molar-refractivity contribution in [2.24, 2.45) is 7.05 Å². The third-order valence-corrected chi connectivity index (χ3v) is 4.49. The molecule has 20 heavy (non-hydrogen) atoms. The molecule has 106 valence electrons. The molecular weight excluding hydrogens is 294 g/mol. The first-order valence-corrected chi connectivity index (χ1v) is 7.91. The number of nitrogens with zero attached hydrogens (tertiary/aromatic N) is 3. The normalized spacial score (nSPS) is 10.5. The van der Waals surface area contributed by atoms with Crippen LogP contribution >= 0.6 is 23.1 Å². The van der Waals surface area contributed by atoms with Crippen molar-refractivity contribution in [3.05, 3.63) is 29.7 Å². The Morgan fingerprint density at radius 2 is 2.35 bits per heavy atom. The van der Waals surface area contributed by atoms with Crippen molar-refractivity contribution < 1.29 is 9.53 Å². The first kappa shape index (κ1) is 14.8. The summed E-state index contributed by atoms with van der Waals surface area (Å²) in [4.78, 5) is 12.5. The highest BCUT2D eigenvalue weighted by atomic mass is 32.2. The van der Waals surface area contributed by atoms with Gasteiger partial charge in [-0.1, -0.05) is 24.4 Å². The molecule has 0 radical (unpaired) electrons. The van der Waals surface area contributed by atoms with E-state index in [1.54, 1.807) is 18.3 Å². The van der Waals surface area contributed by atoms with Crippen LogP contribution in [-0.2, 0) is 16.6 Å². The largest absolute Gasteiger partial charge is 0.463 e. The SMILES string of the molecule is C=C(CSc1nnc(-c2cccs2)n1C)C(=O)OCC. The molecule has 7 heteroatoms. The van der Waals surface area contributed by atoms with Crippen LogP contribution in [-0.4, -0.2) is 33.1 Å². The first-order valence-electron chi connectivity index (χ1n) is 6.04. The third-order valence-electron chi connectivity index (χ3n) is 2.52. The first-order chi connectivity index (χ1) is 9.63. The van der Waals surface area contributed by atoms with Gasteiger partial charge in [0.25, 0.3) is 0 Å². The Hall–Kier alpha value is -1.60. The van der Waals surface area contributed by atoms with Crippen LogP contribution in [0.15, 0.2) is 34.8 Å². The van der Waals surface area contributed by atoms with Gasteiger partial charge in [-0.25, -0.2) is 4.79 Å². The highest BCUT2D eigenvalue weighted by Crippen LogP contribution is 2.26. The van der Waals surface area contributed by atoms with Crippen molar-refractivity contribution in [2.45, 2.75) is 12.1 Å². The second-order valence-corrected chi connectivity index (χ2v) is 5.85. The van der Waals surface area contributed by atoms with Crippen LogP contribution in [0.1, 0.15) is 6.92 Å². The average molecular weight is 309 g/mol. The lowest BCUT2D eigenvalue weighted by molar-refractivity contribution is -0.138. The summed E-state index contributed by atoms with van der Waals surface area (Å²) in [6, 6.07) is 3.98. The van der Waals surface area contributed by atoms with E-state index in [0.29, 0.717) is 17.9 Å². The summed E-state index contributed by atoms with van der Waals surface area (Å²) in [7, 11) is 1.91. The highest BCUT2D eigenvalue weighted by Gasteiger charge is 2.14. The molecule has 0 fully saturated rings. The van der Waals surface area contributed by atoms with Crippen LogP contribution in [0.25, 0.3) is 10.7 Å². The van der Waals surface area contributed by atoms with Gasteiger partial charge in [0.1, 0.15) is 0 Å². The van der Waals surface area contributed by atoms with E-state index in [9.17, 15) is 4.79 Å². The summed E-state index contributed by atoms with van der Waals surface area (Å²) in [5.41, 5.74) is 0.428. The number of carbonyl (C=O) groups is 1. The minimum Gasteiger partial charge on any atom is -0.463 e. The molecular formula is C13H15N3O2S2. The Bertz CT molecular complexity index is 605. The molecule has 0 saturated carbocycles. The van der Waals surface area contributed by atoms with Gasteiger partial charge < -0.3 is 9.30 Å². The number of thioether (sulfide) groups is 1. The second-order valence-electron chi connectivity index (χ2n) is 3.96. The molecule has 2 heterocycles. The molecule has 0 bridgehead atoms. The van der Waals surface area contributed by atoms with E-state index in [0.717, 1.165) is 15.9 Å². The van der Waals surface area contributed by atoms with E-state index in [4.69, 9.17) is 4.74 Å². The Morgan fingerprint density at radius 1 is 1.55 bits per heavy atom. The van der Waals surface area contributed by atoms with Gasteiger partial charge in [-0.2, -0.15) is 0 Å². The third kappa shape index (κ3) is 3.29. The summed E-state index contributed by atoms with van der Waals surface area (Å²) in [5.74, 6) is 0.903. The maximum atomic E-state index is 11.5. The minimum atomic E-state index is -0.361. The molecule has 0 unspecified atom stereocenters. The Balaban J connectivity index is 2.01. The highest BCUT2D eigenvalue weighted by molar-refractivity contribution is 7.99. The predicted octanol–water partition coefficient (Wildman–Crippen LogP) is 2.76. The van der Waals surface area contributed by atoms with Gasteiger partial charge in [0.15, 0.2) is 11.0 Å². The standard InChI is InChI=1S/C13H15N3O2S2/c1-4-18-12(17)9(2)8-20-13-15-14-11(16(13)3)10-6-5-7-19-10/h5-7H,2,4,8H2,1,3H3.